The Morgan fingerprint density at radius 3 is 1.97 bits per heavy atom. The van der Waals surface area contributed by atoms with Crippen molar-refractivity contribution in [1.29, 1.82) is 0 Å². The van der Waals surface area contributed by atoms with Crippen LogP contribution in [0.15, 0.2) is 82.5 Å². The average Bonchev–Trinajstić information content (AvgIpc) is 2.86. The summed E-state index contributed by atoms with van der Waals surface area (Å²) in [6.45, 7) is 1.25. The molecule has 0 bridgehead atoms. The Labute approximate surface area is 230 Å². The van der Waals surface area contributed by atoms with Gasteiger partial charge in [-0.25, -0.2) is 0 Å². The van der Waals surface area contributed by atoms with Gasteiger partial charge >= 0.3 is 0 Å². The molecule has 0 aromatic heterocycles. The molecule has 3 rings (SSSR count). The van der Waals surface area contributed by atoms with Crippen LogP contribution in [-0.4, -0.2) is 30.7 Å². The summed E-state index contributed by atoms with van der Waals surface area (Å²) in [7, 11) is 0. The zero-order chi connectivity index (χ0) is 25.8. The van der Waals surface area contributed by atoms with Gasteiger partial charge in [0.15, 0.2) is 5.75 Å². The van der Waals surface area contributed by atoms with Gasteiger partial charge < -0.3 is 19.4 Å². The Bertz CT molecular complexity index is 1140. The van der Waals surface area contributed by atoms with Crippen molar-refractivity contribution in [3.63, 3.8) is 0 Å². The fourth-order valence-electron chi connectivity index (χ4n) is 3.29. The first-order valence-corrected chi connectivity index (χ1v) is 12.8. The van der Waals surface area contributed by atoms with Crippen LogP contribution < -0.4 is 14.2 Å². The number of oxime groups is 1. The Hall–Kier alpha value is -2.57. The Balaban J connectivity index is 1.37. The van der Waals surface area contributed by atoms with Gasteiger partial charge in [-0.1, -0.05) is 81.9 Å². The topological polar surface area (TPSA) is 60.3 Å². The van der Waals surface area contributed by atoms with Crippen LogP contribution in [0.4, 0.5) is 0 Å². The van der Waals surface area contributed by atoms with E-state index in [0.29, 0.717) is 40.5 Å². The van der Waals surface area contributed by atoms with Crippen molar-refractivity contribution in [2.75, 3.05) is 19.8 Å². The molecule has 0 amide bonds. The van der Waals surface area contributed by atoms with Crippen LogP contribution in [0.5, 0.6) is 17.2 Å². The van der Waals surface area contributed by atoms with Crippen molar-refractivity contribution in [1.82, 2.24) is 0 Å². The van der Waals surface area contributed by atoms with E-state index in [4.69, 9.17) is 60.6 Å². The number of nitrogens with zero attached hydrogens (tertiary/aromatic N) is 1. The minimum absolute atomic E-state index is 0.126. The number of rotatable bonds is 13. The third-order valence-electron chi connectivity index (χ3n) is 5.04. The summed E-state index contributed by atoms with van der Waals surface area (Å²) in [4.78, 5) is 0. The average molecular weight is 569 g/mol. The van der Waals surface area contributed by atoms with Crippen LogP contribution in [0.25, 0.3) is 0 Å². The maximum absolute atomic E-state index is 9.43. The van der Waals surface area contributed by atoms with Crippen LogP contribution in [0.2, 0.25) is 10.0 Å². The highest BCUT2D eigenvalue weighted by Crippen LogP contribution is 2.37. The Kier molecular flexibility index (Phi) is 11.6. The fourth-order valence-corrected chi connectivity index (χ4v) is 3.99. The van der Waals surface area contributed by atoms with Gasteiger partial charge in [0.2, 0.25) is 0 Å². The van der Waals surface area contributed by atoms with Gasteiger partial charge in [0.05, 0.1) is 23.3 Å². The third-order valence-corrected chi connectivity index (χ3v) is 5.91. The molecule has 0 heterocycles. The zero-order valence-corrected chi connectivity index (χ0v) is 22.3. The second-order valence-electron chi connectivity index (χ2n) is 7.62. The molecule has 9 heteroatoms. The lowest BCUT2D eigenvalue weighted by molar-refractivity contribution is 0.279. The molecule has 3 aromatic rings. The maximum Gasteiger partial charge on any atom is 0.156 e. The van der Waals surface area contributed by atoms with Gasteiger partial charge in [0.1, 0.15) is 28.3 Å². The van der Waals surface area contributed by atoms with Crippen molar-refractivity contribution in [2.45, 2.75) is 19.3 Å². The molecule has 36 heavy (non-hydrogen) atoms. The standard InChI is InChI=1S/C27H25Cl4NO4/c28-23-17-22(35-16-13-25(30)31)18-24(29)27(23)36-15-6-2-5-14-34-21-11-9-20(10-12-21)26(32-33)19-7-3-1-4-8-19/h1,3-4,7-13,17-18,33H,2,5-6,14-16H2. The number of hydrogen-bond acceptors (Lipinski definition) is 5. The van der Waals surface area contributed by atoms with E-state index in [1.54, 1.807) is 12.1 Å². The van der Waals surface area contributed by atoms with Crippen LogP contribution in [-0.2, 0) is 0 Å². The van der Waals surface area contributed by atoms with Crippen molar-refractivity contribution in [3.8, 4) is 17.2 Å². The van der Waals surface area contributed by atoms with E-state index < -0.39 is 0 Å². The summed E-state index contributed by atoms with van der Waals surface area (Å²) in [6.07, 6.45) is 4.11. The first-order chi connectivity index (χ1) is 17.5. The molecule has 0 radical (unpaired) electrons. The summed E-state index contributed by atoms with van der Waals surface area (Å²) in [5, 5.41) is 13.6. The zero-order valence-electron chi connectivity index (χ0n) is 19.3. The first-order valence-electron chi connectivity index (χ1n) is 11.2. The lowest BCUT2D eigenvalue weighted by atomic mass is 10.0. The van der Waals surface area contributed by atoms with Crippen LogP contribution in [0.3, 0.4) is 0 Å². The second-order valence-corrected chi connectivity index (χ2v) is 9.44. The number of halogens is 4. The Morgan fingerprint density at radius 2 is 1.36 bits per heavy atom. The number of unbranched alkanes of at least 4 members (excludes halogenated alkanes) is 2. The van der Waals surface area contributed by atoms with E-state index >= 15 is 0 Å². The van der Waals surface area contributed by atoms with Crippen molar-refractivity contribution >= 4 is 52.1 Å². The molecule has 190 valence electrons. The highest BCUT2D eigenvalue weighted by molar-refractivity contribution is 6.55. The molecule has 1 N–H and O–H groups in total. The van der Waals surface area contributed by atoms with Gasteiger partial charge in [0.25, 0.3) is 0 Å². The summed E-state index contributed by atoms with van der Waals surface area (Å²) >= 11 is 23.7. The van der Waals surface area contributed by atoms with Gasteiger partial charge in [-0.05, 0) is 49.6 Å². The number of ether oxygens (including phenoxy) is 3. The lowest BCUT2D eigenvalue weighted by Gasteiger charge is -2.12. The quantitative estimate of drug-likeness (QED) is 0.0970. The minimum atomic E-state index is 0.126. The molecule has 0 aliphatic heterocycles. The fraction of sp³-hybridized carbons (Fsp3) is 0.222. The van der Waals surface area contributed by atoms with E-state index in [1.165, 1.54) is 6.08 Å². The SMILES string of the molecule is ON=C(c1ccccc1)c1ccc(OCCCCCOc2c(Cl)cc(OCC=C(Cl)Cl)cc2Cl)cc1. The number of hydrogen-bond donors (Lipinski definition) is 1. The molecule has 0 fully saturated rings. The molecule has 5 nitrogen and oxygen atoms in total. The third kappa shape index (κ3) is 8.82. The molecule has 3 aromatic carbocycles. The van der Waals surface area contributed by atoms with Crippen molar-refractivity contribution in [2.24, 2.45) is 5.16 Å². The molecule has 0 atom stereocenters. The highest BCUT2D eigenvalue weighted by Gasteiger charge is 2.11. The van der Waals surface area contributed by atoms with Gasteiger partial charge in [-0.3, -0.25) is 0 Å². The van der Waals surface area contributed by atoms with E-state index in [-0.39, 0.29) is 11.1 Å². The smallest absolute Gasteiger partial charge is 0.156 e. The van der Waals surface area contributed by atoms with Crippen LogP contribution in [0, 0.1) is 0 Å². The first kappa shape index (κ1) is 28.0. The molecule has 0 aliphatic rings. The van der Waals surface area contributed by atoms with E-state index in [9.17, 15) is 5.21 Å². The molecule has 0 aliphatic carbocycles. The van der Waals surface area contributed by atoms with E-state index in [1.807, 2.05) is 54.6 Å². The van der Waals surface area contributed by atoms with Gasteiger partial charge in [-0.2, -0.15) is 0 Å². The summed E-state index contributed by atoms with van der Waals surface area (Å²) in [5.74, 6) is 1.67. The minimum Gasteiger partial charge on any atom is -0.494 e. The molecule has 0 saturated heterocycles. The van der Waals surface area contributed by atoms with E-state index in [0.717, 1.165) is 36.1 Å². The normalized spacial score (nSPS) is 11.2. The van der Waals surface area contributed by atoms with Gasteiger partial charge in [0, 0.05) is 23.3 Å². The largest absolute Gasteiger partial charge is 0.494 e. The van der Waals surface area contributed by atoms with E-state index in [2.05, 4.69) is 5.16 Å². The number of benzene rings is 3. The predicted molar refractivity (Wildman–Crippen MR) is 147 cm³/mol. The molecule has 0 unspecified atom stereocenters. The molecule has 0 saturated carbocycles. The summed E-state index contributed by atoms with van der Waals surface area (Å²) in [6, 6.07) is 20.3. The van der Waals surface area contributed by atoms with Gasteiger partial charge in [-0.15, -0.1) is 0 Å². The Morgan fingerprint density at radius 1 is 0.750 bits per heavy atom. The summed E-state index contributed by atoms with van der Waals surface area (Å²) < 4.78 is 17.2. The second kappa shape index (κ2) is 14.9. The van der Waals surface area contributed by atoms with Crippen LogP contribution in [0.1, 0.15) is 30.4 Å². The molecular weight excluding hydrogens is 544 g/mol. The van der Waals surface area contributed by atoms with Crippen molar-refractivity contribution in [3.05, 3.63) is 98.5 Å². The van der Waals surface area contributed by atoms with Crippen molar-refractivity contribution < 1.29 is 19.4 Å². The van der Waals surface area contributed by atoms with Crippen LogP contribution >= 0.6 is 46.4 Å². The molecule has 0 spiro atoms. The predicted octanol–water partition coefficient (Wildman–Crippen LogP) is 8.55. The maximum atomic E-state index is 9.43. The monoisotopic (exact) mass is 567 g/mol. The summed E-state index contributed by atoms with van der Waals surface area (Å²) in [5.41, 5.74) is 2.16. The molecular formula is C27H25Cl4NO4. The lowest BCUT2D eigenvalue weighted by Crippen LogP contribution is -2.04. The highest BCUT2D eigenvalue weighted by atomic mass is 35.5.